The molecule has 126 valence electrons. The van der Waals surface area contributed by atoms with Crippen molar-refractivity contribution in [3.05, 3.63) is 42.0 Å². The molecule has 0 aromatic heterocycles. The Balaban J connectivity index is 2.67. The standard InChI is InChI=1S/C18H25NO4/c1-12(2)9-15(10-17(20)21)19-18(22)14-5-7-16(8-6-14)23-11-13(3)4/h5-8,12,15H,3,9-11H2,1-2,4H3,(H,19,22)(H,20,21)/t15-/m0/s1. The molecule has 5 heteroatoms. The molecule has 1 amide bonds. The van der Waals surface area contributed by atoms with E-state index in [4.69, 9.17) is 9.84 Å². The predicted octanol–water partition coefficient (Wildman–Crippen LogP) is 3.26. The van der Waals surface area contributed by atoms with E-state index < -0.39 is 5.97 Å². The van der Waals surface area contributed by atoms with Gasteiger partial charge in [0, 0.05) is 11.6 Å². The van der Waals surface area contributed by atoms with Crippen molar-refractivity contribution in [2.75, 3.05) is 6.61 Å². The minimum atomic E-state index is -0.917. The number of rotatable bonds is 9. The molecule has 0 fully saturated rings. The van der Waals surface area contributed by atoms with E-state index in [0.717, 1.165) is 5.57 Å². The van der Waals surface area contributed by atoms with Gasteiger partial charge >= 0.3 is 5.97 Å². The predicted molar refractivity (Wildman–Crippen MR) is 89.7 cm³/mol. The van der Waals surface area contributed by atoms with Crippen LogP contribution in [0.25, 0.3) is 0 Å². The summed E-state index contributed by atoms with van der Waals surface area (Å²) in [5.74, 6) is -0.228. The lowest BCUT2D eigenvalue weighted by atomic mass is 10.0. The summed E-state index contributed by atoms with van der Waals surface area (Å²) in [7, 11) is 0. The molecule has 0 saturated carbocycles. The number of carboxylic acid groups (broad SMARTS) is 1. The van der Waals surface area contributed by atoms with Crippen molar-refractivity contribution >= 4 is 11.9 Å². The number of carbonyl (C=O) groups is 2. The van der Waals surface area contributed by atoms with Crippen molar-refractivity contribution in [2.45, 2.75) is 39.7 Å². The van der Waals surface area contributed by atoms with Crippen molar-refractivity contribution < 1.29 is 19.4 Å². The maximum Gasteiger partial charge on any atom is 0.305 e. The van der Waals surface area contributed by atoms with Gasteiger partial charge in [0.05, 0.1) is 6.42 Å². The van der Waals surface area contributed by atoms with E-state index in [9.17, 15) is 9.59 Å². The first-order chi connectivity index (χ1) is 10.8. The molecule has 5 nitrogen and oxygen atoms in total. The number of aliphatic carboxylic acids is 1. The van der Waals surface area contributed by atoms with Gasteiger partial charge in [-0.1, -0.05) is 20.4 Å². The Hall–Kier alpha value is -2.30. The van der Waals surface area contributed by atoms with E-state index in [1.807, 2.05) is 20.8 Å². The van der Waals surface area contributed by atoms with Crippen LogP contribution in [0, 0.1) is 5.92 Å². The van der Waals surface area contributed by atoms with E-state index in [-0.39, 0.29) is 18.4 Å². The lowest BCUT2D eigenvalue weighted by molar-refractivity contribution is -0.137. The average molecular weight is 319 g/mol. The summed E-state index contributed by atoms with van der Waals surface area (Å²) in [6.45, 7) is 10.1. The van der Waals surface area contributed by atoms with Crippen LogP contribution < -0.4 is 10.1 Å². The second-order valence-corrected chi connectivity index (χ2v) is 6.17. The van der Waals surface area contributed by atoms with Gasteiger partial charge in [0.2, 0.25) is 0 Å². The summed E-state index contributed by atoms with van der Waals surface area (Å²) in [5, 5.41) is 11.7. The van der Waals surface area contributed by atoms with Gasteiger partial charge in [-0.3, -0.25) is 9.59 Å². The third-order valence-electron chi connectivity index (χ3n) is 3.11. The van der Waals surface area contributed by atoms with Crippen LogP contribution >= 0.6 is 0 Å². The Morgan fingerprint density at radius 3 is 2.35 bits per heavy atom. The molecule has 23 heavy (non-hydrogen) atoms. The lowest BCUT2D eigenvalue weighted by Crippen LogP contribution is -2.37. The zero-order valence-electron chi connectivity index (χ0n) is 14.0. The summed E-state index contributed by atoms with van der Waals surface area (Å²) < 4.78 is 5.48. The monoisotopic (exact) mass is 319 g/mol. The fraction of sp³-hybridized carbons (Fsp3) is 0.444. The van der Waals surface area contributed by atoms with Crippen LogP contribution in [-0.4, -0.2) is 29.6 Å². The maximum absolute atomic E-state index is 12.2. The summed E-state index contributed by atoms with van der Waals surface area (Å²) in [6, 6.07) is 6.38. The third-order valence-corrected chi connectivity index (χ3v) is 3.11. The zero-order chi connectivity index (χ0) is 17.4. The molecule has 0 heterocycles. The Morgan fingerprint density at radius 1 is 1.26 bits per heavy atom. The number of carbonyl (C=O) groups excluding carboxylic acids is 1. The smallest absolute Gasteiger partial charge is 0.305 e. The highest BCUT2D eigenvalue weighted by Crippen LogP contribution is 2.14. The van der Waals surface area contributed by atoms with Crippen LogP contribution in [0.15, 0.2) is 36.4 Å². The van der Waals surface area contributed by atoms with Crippen LogP contribution in [0.2, 0.25) is 0 Å². The van der Waals surface area contributed by atoms with Gasteiger partial charge in [-0.05, 0) is 49.1 Å². The van der Waals surface area contributed by atoms with Crippen molar-refractivity contribution in [1.82, 2.24) is 5.32 Å². The Labute approximate surface area is 137 Å². The van der Waals surface area contributed by atoms with E-state index >= 15 is 0 Å². The molecule has 0 aliphatic carbocycles. The van der Waals surface area contributed by atoms with E-state index in [0.29, 0.717) is 30.3 Å². The van der Waals surface area contributed by atoms with Crippen LogP contribution in [0.3, 0.4) is 0 Å². The first kappa shape index (κ1) is 18.7. The number of benzene rings is 1. The molecular weight excluding hydrogens is 294 g/mol. The normalized spacial score (nSPS) is 11.8. The molecule has 0 radical (unpaired) electrons. The molecule has 0 aliphatic rings. The van der Waals surface area contributed by atoms with Crippen molar-refractivity contribution in [1.29, 1.82) is 0 Å². The van der Waals surface area contributed by atoms with Gasteiger partial charge in [0.1, 0.15) is 12.4 Å². The number of nitrogens with one attached hydrogen (secondary N) is 1. The van der Waals surface area contributed by atoms with Crippen LogP contribution in [-0.2, 0) is 4.79 Å². The van der Waals surface area contributed by atoms with Gasteiger partial charge in [-0.15, -0.1) is 0 Å². The number of amides is 1. The first-order valence-electron chi connectivity index (χ1n) is 7.67. The second-order valence-electron chi connectivity index (χ2n) is 6.17. The van der Waals surface area contributed by atoms with E-state index in [2.05, 4.69) is 11.9 Å². The number of carboxylic acids is 1. The molecule has 1 atom stereocenters. The Bertz CT molecular complexity index is 549. The molecule has 0 unspecified atom stereocenters. The summed E-state index contributed by atoms with van der Waals surface area (Å²) in [6.07, 6.45) is 0.543. The summed E-state index contributed by atoms with van der Waals surface area (Å²) in [5.41, 5.74) is 1.39. The zero-order valence-corrected chi connectivity index (χ0v) is 14.0. The maximum atomic E-state index is 12.2. The van der Waals surface area contributed by atoms with Gasteiger partial charge < -0.3 is 15.2 Å². The molecule has 2 N–H and O–H groups in total. The molecular formula is C18H25NO4. The molecule has 1 aromatic carbocycles. The summed E-state index contributed by atoms with van der Waals surface area (Å²) in [4.78, 5) is 23.1. The molecule has 0 bridgehead atoms. The molecule has 1 aromatic rings. The highest BCUT2D eigenvalue weighted by molar-refractivity contribution is 5.94. The van der Waals surface area contributed by atoms with E-state index in [1.165, 1.54) is 0 Å². The highest BCUT2D eigenvalue weighted by atomic mass is 16.5. The first-order valence-corrected chi connectivity index (χ1v) is 7.67. The second kappa shape index (κ2) is 8.98. The minimum absolute atomic E-state index is 0.0796. The Kier molecular flexibility index (Phi) is 7.32. The SMILES string of the molecule is C=C(C)COc1ccc(C(=O)N[C@H](CC(=O)O)CC(C)C)cc1. The van der Waals surface area contributed by atoms with Crippen molar-refractivity contribution in [3.63, 3.8) is 0 Å². The average Bonchev–Trinajstić information content (AvgIpc) is 2.44. The lowest BCUT2D eigenvalue weighted by Gasteiger charge is -2.19. The molecule has 0 spiro atoms. The van der Waals surface area contributed by atoms with Gasteiger partial charge in [0.15, 0.2) is 0 Å². The van der Waals surface area contributed by atoms with Crippen LogP contribution in [0.1, 0.15) is 44.0 Å². The minimum Gasteiger partial charge on any atom is -0.489 e. The molecule has 1 rings (SSSR count). The number of ether oxygens (including phenoxy) is 1. The van der Waals surface area contributed by atoms with Crippen molar-refractivity contribution in [2.24, 2.45) is 5.92 Å². The summed E-state index contributed by atoms with van der Waals surface area (Å²) >= 11 is 0. The van der Waals surface area contributed by atoms with Crippen molar-refractivity contribution in [3.8, 4) is 5.75 Å². The van der Waals surface area contributed by atoms with Gasteiger partial charge in [0.25, 0.3) is 5.91 Å². The van der Waals surface area contributed by atoms with E-state index in [1.54, 1.807) is 24.3 Å². The highest BCUT2D eigenvalue weighted by Gasteiger charge is 2.18. The van der Waals surface area contributed by atoms with Crippen LogP contribution in [0.5, 0.6) is 5.75 Å². The number of hydrogen-bond acceptors (Lipinski definition) is 3. The van der Waals surface area contributed by atoms with Crippen LogP contribution in [0.4, 0.5) is 0 Å². The number of hydrogen-bond donors (Lipinski definition) is 2. The molecule has 0 aliphatic heterocycles. The quantitative estimate of drug-likeness (QED) is 0.685. The largest absolute Gasteiger partial charge is 0.489 e. The Morgan fingerprint density at radius 2 is 1.87 bits per heavy atom. The fourth-order valence-electron chi connectivity index (χ4n) is 2.15. The molecule has 0 saturated heterocycles. The third kappa shape index (κ3) is 7.49. The van der Waals surface area contributed by atoms with Gasteiger partial charge in [-0.2, -0.15) is 0 Å². The van der Waals surface area contributed by atoms with Gasteiger partial charge in [-0.25, -0.2) is 0 Å². The fourth-order valence-corrected chi connectivity index (χ4v) is 2.15. The topological polar surface area (TPSA) is 75.6 Å².